The van der Waals surface area contributed by atoms with Crippen molar-refractivity contribution >= 4 is 94.7 Å². The number of anilines is 2. The molecule has 0 saturated carbocycles. The van der Waals surface area contributed by atoms with Crippen molar-refractivity contribution in [2.24, 2.45) is 5.92 Å². The number of aromatic nitrogens is 2. The zero-order valence-electron chi connectivity index (χ0n) is 40.6. The summed E-state index contributed by atoms with van der Waals surface area (Å²) in [6.07, 6.45) is 0.0665. The zero-order valence-corrected chi connectivity index (χ0v) is 42.8. The van der Waals surface area contributed by atoms with Crippen LogP contribution in [-0.4, -0.2) is 18.0 Å². The summed E-state index contributed by atoms with van der Waals surface area (Å²) in [5.74, 6) is -0.0980. The Bertz CT molecular complexity index is 3550. The third-order valence-corrected chi connectivity index (χ3v) is 15.5. The molecular weight excluding hydrogens is 1030 g/mol. The number of hydrogen-bond acceptors (Lipinski definition) is 5. The first kappa shape index (κ1) is 42.9. The summed E-state index contributed by atoms with van der Waals surface area (Å²) >= 11 is 1.53. The van der Waals surface area contributed by atoms with E-state index in [0.717, 1.165) is 109 Å². The van der Waals surface area contributed by atoms with E-state index < -0.39 is 20.6 Å². The molecule has 0 aliphatic carbocycles. The maximum absolute atomic E-state index is 15.6. The van der Waals surface area contributed by atoms with Gasteiger partial charge in [0.1, 0.15) is 16.0 Å². The molecule has 0 bridgehead atoms. The Labute approximate surface area is 408 Å². The molecule has 66 heavy (non-hydrogen) atoms. The van der Waals surface area contributed by atoms with Gasteiger partial charge in [-0.1, -0.05) is 124 Å². The monoisotopic (exact) mass is 1080 g/mol. The van der Waals surface area contributed by atoms with Crippen molar-refractivity contribution in [2.75, 3.05) is 4.90 Å². The molecule has 6 aromatic carbocycles. The Kier molecular flexibility index (Phi) is 11.6. The van der Waals surface area contributed by atoms with E-state index in [1.54, 1.807) is 0 Å². The predicted octanol–water partition coefficient (Wildman–Crippen LogP) is 16.3. The minimum Gasteiger partial charge on any atom is -0.661 e. The number of fused-ring (bicyclic) bond motifs is 8. The second kappa shape index (κ2) is 17.8. The van der Waals surface area contributed by atoms with Crippen molar-refractivity contribution < 1.29 is 31.7 Å². The SMILES string of the molecule is Cc1cc2c(oc3ccccc32)c(C)c1N1c2cc3ccccc3cc2[N-]C1c1[c-]cc(F)c2c1sc1nc(C(C)C)ccc12.[2H]C([2H])(c1cc(-c2[c-]cccc2)ncc1[Si](C)(C)C)C(C)C.[Ir+3]. The summed E-state index contributed by atoms with van der Waals surface area (Å²) in [5.41, 5.74) is 11.2. The van der Waals surface area contributed by atoms with Crippen LogP contribution in [0.2, 0.25) is 19.6 Å². The van der Waals surface area contributed by atoms with Crippen LogP contribution in [-0.2, 0) is 26.5 Å². The summed E-state index contributed by atoms with van der Waals surface area (Å²) in [6.45, 7) is 19.1. The standard InChI is InChI=1S/C39H28FN3OS.C18H24NSi.Ir/c1-20(2)30-16-14-26-34-29(40)15-13-27(37(34)45-39(26)42-30)38-41-31-18-23-9-5-6-10-24(23)19-32(31)43(38)35-21(3)17-28-25-11-7-8-12-33(25)44-36(28)22(35)4;1-14(2)11-16-12-17(15-9-7-6-8-10-15)19-13-18(16)20(3,4)5;/h5-12,14-20,38H,1-4H3;6-9,12-14H,11H2,1-5H3;/q-2;-1;+3/i;11D2;. The third kappa shape index (κ3) is 8.14. The number of halogens is 1. The van der Waals surface area contributed by atoms with Crippen molar-refractivity contribution in [3.63, 3.8) is 0 Å². The Balaban J connectivity index is 0.000000213. The van der Waals surface area contributed by atoms with Crippen LogP contribution in [0, 0.1) is 37.7 Å². The fraction of sp³-hybridized carbons (Fsp3) is 0.228. The van der Waals surface area contributed by atoms with Gasteiger partial charge < -0.3 is 19.6 Å². The second-order valence-corrected chi connectivity index (χ2v) is 24.8. The first-order valence-corrected chi connectivity index (χ1v) is 26.7. The van der Waals surface area contributed by atoms with Gasteiger partial charge in [-0.15, -0.1) is 53.2 Å². The van der Waals surface area contributed by atoms with Crippen LogP contribution < -0.4 is 10.1 Å². The van der Waals surface area contributed by atoms with Crippen molar-refractivity contribution in [2.45, 2.75) is 79.6 Å². The van der Waals surface area contributed by atoms with Gasteiger partial charge in [-0.2, -0.15) is 17.4 Å². The van der Waals surface area contributed by atoms with Crippen LogP contribution in [0.5, 0.6) is 0 Å². The number of pyridine rings is 2. The number of para-hydroxylation sites is 1. The quantitative estimate of drug-likeness (QED) is 0.118. The first-order valence-electron chi connectivity index (χ1n) is 23.4. The van der Waals surface area contributed by atoms with Gasteiger partial charge in [0, 0.05) is 48.2 Å². The number of furan rings is 1. The van der Waals surface area contributed by atoms with Gasteiger partial charge in [0.05, 0.1) is 8.07 Å². The maximum atomic E-state index is 15.6. The molecule has 0 N–H and O–H groups in total. The van der Waals surface area contributed by atoms with Crippen LogP contribution in [0.3, 0.4) is 0 Å². The number of nitrogens with zero attached hydrogens (tertiary/aromatic N) is 4. The van der Waals surface area contributed by atoms with Crippen LogP contribution in [0.25, 0.3) is 69.6 Å². The molecular formula is C57H52FIrN4OSSi. The smallest absolute Gasteiger partial charge is 0.661 e. The molecule has 5 nitrogen and oxygen atoms in total. The topological polar surface area (TPSA) is 56.3 Å². The van der Waals surface area contributed by atoms with Crippen LogP contribution in [0.1, 0.15) is 70.5 Å². The normalized spacial score (nSPS) is 14.4. The minimum atomic E-state index is -1.67. The number of aryl methyl sites for hydroxylation is 2. The molecule has 0 spiro atoms. The fourth-order valence-corrected chi connectivity index (χ4v) is 11.8. The Morgan fingerprint density at radius 2 is 1.62 bits per heavy atom. The molecule has 0 radical (unpaired) electrons. The van der Waals surface area contributed by atoms with E-state index in [2.05, 4.69) is 118 Å². The van der Waals surface area contributed by atoms with E-state index in [-0.39, 0.29) is 37.8 Å². The van der Waals surface area contributed by atoms with E-state index >= 15 is 4.39 Å². The van der Waals surface area contributed by atoms with Gasteiger partial charge >= 0.3 is 20.1 Å². The minimum absolute atomic E-state index is 0. The van der Waals surface area contributed by atoms with Crippen molar-refractivity contribution in [3.8, 4) is 11.3 Å². The van der Waals surface area contributed by atoms with E-state index in [9.17, 15) is 0 Å². The summed E-state index contributed by atoms with van der Waals surface area (Å²) in [5, 5.41) is 12.3. The molecule has 0 saturated heterocycles. The van der Waals surface area contributed by atoms with E-state index in [1.807, 2.05) is 80.7 Å². The van der Waals surface area contributed by atoms with Gasteiger partial charge in [0.15, 0.2) is 0 Å². The molecule has 332 valence electrons. The Hall–Kier alpha value is -5.70. The van der Waals surface area contributed by atoms with Crippen molar-refractivity contribution in [1.29, 1.82) is 0 Å². The maximum Gasteiger partial charge on any atom is 3.00 e. The van der Waals surface area contributed by atoms with Crippen LogP contribution >= 0.6 is 11.3 Å². The molecule has 5 heterocycles. The van der Waals surface area contributed by atoms with Gasteiger partial charge in [0.25, 0.3) is 0 Å². The van der Waals surface area contributed by atoms with Gasteiger partial charge in [0.2, 0.25) is 0 Å². The molecule has 10 aromatic rings. The molecule has 9 heteroatoms. The molecule has 0 fully saturated rings. The molecule has 0 amide bonds. The summed E-state index contributed by atoms with van der Waals surface area (Å²) in [6, 6.07) is 44.8. The Morgan fingerprint density at radius 1 is 0.879 bits per heavy atom. The molecule has 1 atom stereocenters. The molecule has 1 unspecified atom stereocenters. The Morgan fingerprint density at radius 3 is 2.35 bits per heavy atom. The zero-order chi connectivity index (χ0) is 47.1. The van der Waals surface area contributed by atoms with E-state index in [1.165, 1.54) is 17.4 Å². The summed E-state index contributed by atoms with van der Waals surface area (Å²) < 4.78 is 40.0. The number of thiophene rings is 1. The largest absolute Gasteiger partial charge is 3.00 e. The summed E-state index contributed by atoms with van der Waals surface area (Å²) in [4.78, 5) is 12.7. The number of rotatable bonds is 7. The second-order valence-electron chi connectivity index (χ2n) is 18.7. The van der Waals surface area contributed by atoms with Crippen LogP contribution in [0.15, 0.2) is 126 Å². The molecule has 11 rings (SSSR count). The third-order valence-electron chi connectivity index (χ3n) is 12.3. The van der Waals surface area contributed by atoms with E-state index in [0.29, 0.717) is 5.39 Å². The molecule has 4 aromatic heterocycles. The van der Waals surface area contributed by atoms with Gasteiger partial charge in [-0.25, -0.2) is 4.98 Å². The van der Waals surface area contributed by atoms with Gasteiger partial charge in [-0.05, 0) is 95.1 Å². The van der Waals surface area contributed by atoms with Gasteiger partial charge in [-0.3, -0.25) is 4.39 Å². The van der Waals surface area contributed by atoms with Crippen LogP contribution in [0.4, 0.5) is 21.5 Å². The number of benzene rings is 6. The number of hydrogen-bond donors (Lipinski definition) is 0. The fourth-order valence-electron chi connectivity index (χ4n) is 9.21. The van der Waals surface area contributed by atoms with Crippen molar-refractivity contribution in [3.05, 3.63) is 173 Å². The molecule has 1 aliphatic heterocycles. The predicted molar refractivity (Wildman–Crippen MR) is 275 cm³/mol. The van der Waals surface area contributed by atoms with E-state index in [4.69, 9.17) is 17.5 Å². The average molecular weight is 1080 g/mol. The van der Waals surface area contributed by atoms with Crippen molar-refractivity contribution in [1.82, 2.24) is 9.97 Å². The first-order chi connectivity index (χ1) is 32.0. The molecule has 1 aliphatic rings. The average Bonchev–Trinajstić information content (AvgIpc) is 4.00. The summed E-state index contributed by atoms with van der Waals surface area (Å²) in [7, 11) is -1.67.